The van der Waals surface area contributed by atoms with Crippen molar-refractivity contribution in [2.24, 2.45) is 0 Å². The van der Waals surface area contributed by atoms with Crippen LogP contribution >= 0.6 is 0 Å². The number of benzene rings is 1. The van der Waals surface area contributed by atoms with Crippen LogP contribution in [0.5, 0.6) is 0 Å². The molecule has 0 fully saturated rings. The second kappa shape index (κ2) is 7.62. The van der Waals surface area contributed by atoms with Gasteiger partial charge < -0.3 is 10.1 Å². The number of carbonyl (C=O) groups excluding carboxylic acids is 1. The van der Waals surface area contributed by atoms with E-state index in [1.807, 2.05) is 24.3 Å². The molecule has 4 nitrogen and oxygen atoms in total. The molecule has 0 aliphatic heterocycles. The van der Waals surface area contributed by atoms with Gasteiger partial charge in [-0.1, -0.05) is 38.0 Å². The molecule has 21 heavy (non-hydrogen) atoms. The topological polar surface area (TPSA) is 51.2 Å². The summed E-state index contributed by atoms with van der Waals surface area (Å²) in [5.74, 6) is -0.325. The maximum absolute atomic E-state index is 12.1. The van der Waals surface area contributed by atoms with Gasteiger partial charge in [0.1, 0.15) is 5.56 Å². The number of esters is 1. The van der Waals surface area contributed by atoms with E-state index in [0.717, 1.165) is 29.6 Å². The van der Waals surface area contributed by atoms with Crippen LogP contribution in [0.3, 0.4) is 0 Å². The monoisotopic (exact) mass is 286 g/mol. The van der Waals surface area contributed by atoms with Crippen molar-refractivity contribution in [2.75, 3.05) is 18.5 Å². The van der Waals surface area contributed by atoms with Crippen molar-refractivity contribution in [1.29, 1.82) is 0 Å². The number of nitrogens with zero attached hydrogens (tertiary/aromatic N) is 1. The van der Waals surface area contributed by atoms with Gasteiger partial charge in [0.25, 0.3) is 0 Å². The Hall–Kier alpha value is -2.10. The molecule has 0 bridgehead atoms. The molecule has 0 radical (unpaired) electrons. The fourth-order valence-electron chi connectivity index (χ4n) is 2.28. The van der Waals surface area contributed by atoms with Crippen LogP contribution in [-0.2, 0) is 4.74 Å². The summed E-state index contributed by atoms with van der Waals surface area (Å²) < 4.78 is 5.13. The van der Waals surface area contributed by atoms with Crippen molar-refractivity contribution < 1.29 is 9.53 Å². The highest BCUT2D eigenvalue weighted by atomic mass is 16.5. The van der Waals surface area contributed by atoms with Gasteiger partial charge in [0.05, 0.1) is 17.8 Å². The highest BCUT2D eigenvalue weighted by molar-refractivity contribution is 6.04. The number of ether oxygens (including phenoxy) is 1. The van der Waals surface area contributed by atoms with E-state index in [1.54, 1.807) is 13.1 Å². The number of fused-ring (bicyclic) bond motifs is 1. The van der Waals surface area contributed by atoms with E-state index in [1.165, 1.54) is 12.8 Å². The highest BCUT2D eigenvalue weighted by Crippen LogP contribution is 2.26. The fraction of sp³-hybridized carbons (Fsp3) is 0.412. The lowest BCUT2D eigenvalue weighted by Gasteiger charge is -2.13. The summed E-state index contributed by atoms with van der Waals surface area (Å²) in [4.78, 5) is 16.4. The van der Waals surface area contributed by atoms with Crippen LogP contribution in [0.1, 0.15) is 43.5 Å². The third kappa shape index (κ3) is 3.72. The Morgan fingerprint density at radius 3 is 2.81 bits per heavy atom. The first-order valence-electron chi connectivity index (χ1n) is 7.56. The molecule has 0 saturated carbocycles. The van der Waals surface area contributed by atoms with Crippen molar-refractivity contribution in [3.63, 3.8) is 0 Å². The minimum absolute atomic E-state index is 0.325. The average molecular weight is 286 g/mol. The standard InChI is InChI=1S/C17H22N2O2/c1-3-5-8-11-18-16-13-9-6-7-10-15(13)19-12-14(16)17(20)21-4-2/h6-7,9-10,12H,3-5,8,11H2,1-2H3,(H,18,19). The predicted octanol–water partition coefficient (Wildman–Crippen LogP) is 4.01. The van der Waals surface area contributed by atoms with Gasteiger partial charge in [0.15, 0.2) is 0 Å². The zero-order valence-corrected chi connectivity index (χ0v) is 12.7. The molecule has 0 aliphatic rings. The number of hydrogen-bond acceptors (Lipinski definition) is 4. The molecular formula is C17H22N2O2. The number of para-hydroxylation sites is 1. The maximum Gasteiger partial charge on any atom is 0.341 e. The van der Waals surface area contributed by atoms with Crippen LogP contribution in [0, 0.1) is 0 Å². The molecule has 2 aromatic rings. The Morgan fingerprint density at radius 2 is 2.05 bits per heavy atom. The zero-order chi connectivity index (χ0) is 15.1. The largest absolute Gasteiger partial charge is 0.462 e. The number of anilines is 1. The minimum Gasteiger partial charge on any atom is -0.462 e. The first-order valence-corrected chi connectivity index (χ1v) is 7.56. The molecule has 1 aromatic heterocycles. The van der Waals surface area contributed by atoms with Gasteiger partial charge in [0, 0.05) is 18.1 Å². The molecular weight excluding hydrogens is 264 g/mol. The van der Waals surface area contributed by atoms with Gasteiger partial charge in [-0.2, -0.15) is 0 Å². The molecule has 0 amide bonds. The molecule has 0 aliphatic carbocycles. The Labute approximate surface area is 125 Å². The molecule has 4 heteroatoms. The van der Waals surface area contributed by atoms with Gasteiger partial charge in [-0.05, 0) is 19.4 Å². The molecule has 2 rings (SSSR count). The molecule has 0 atom stereocenters. The van der Waals surface area contributed by atoms with Crippen LogP contribution in [0.15, 0.2) is 30.5 Å². The second-order valence-electron chi connectivity index (χ2n) is 4.92. The summed E-state index contributed by atoms with van der Waals surface area (Å²) in [5.41, 5.74) is 2.21. The third-order valence-corrected chi connectivity index (χ3v) is 3.35. The van der Waals surface area contributed by atoms with E-state index in [0.29, 0.717) is 12.2 Å². The number of nitrogens with one attached hydrogen (secondary N) is 1. The van der Waals surface area contributed by atoms with Gasteiger partial charge in [-0.3, -0.25) is 4.98 Å². The molecule has 0 unspecified atom stereocenters. The van der Waals surface area contributed by atoms with E-state index in [2.05, 4.69) is 17.2 Å². The van der Waals surface area contributed by atoms with Crippen LogP contribution in [-0.4, -0.2) is 24.1 Å². The van der Waals surface area contributed by atoms with Crippen molar-refractivity contribution >= 4 is 22.6 Å². The van der Waals surface area contributed by atoms with E-state index in [-0.39, 0.29) is 5.97 Å². The summed E-state index contributed by atoms with van der Waals surface area (Å²) in [6, 6.07) is 7.82. The molecule has 0 spiro atoms. The number of rotatable bonds is 7. The van der Waals surface area contributed by atoms with Crippen LogP contribution in [0.2, 0.25) is 0 Å². The lowest BCUT2D eigenvalue weighted by Crippen LogP contribution is -2.12. The maximum atomic E-state index is 12.1. The number of aromatic nitrogens is 1. The summed E-state index contributed by atoms with van der Waals surface area (Å²) in [7, 11) is 0. The number of pyridine rings is 1. The molecule has 112 valence electrons. The fourth-order valence-corrected chi connectivity index (χ4v) is 2.28. The normalized spacial score (nSPS) is 10.6. The molecule has 0 saturated heterocycles. The Kier molecular flexibility index (Phi) is 5.55. The van der Waals surface area contributed by atoms with Crippen LogP contribution in [0.25, 0.3) is 10.9 Å². The SMILES string of the molecule is CCCCCNc1c(C(=O)OCC)cnc2ccccc12. The van der Waals surface area contributed by atoms with Crippen LogP contribution < -0.4 is 5.32 Å². The van der Waals surface area contributed by atoms with E-state index >= 15 is 0 Å². The predicted molar refractivity (Wildman–Crippen MR) is 85.7 cm³/mol. The van der Waals surface area contributed by atoms with Crippen molar-refractivity contribution in [3.05, 3.63) is 36.0 Å². The second-order valence-corrected chi connectivity index (χ2v) is 4.92. The first kappa shape index (κ1) is 15.3. The lowest BCUT2D eigenvalue weighted by atomic mass is 10.1. The van der Waals surface area contributed by atoms with E-state index in [4.69, 9.17) is 4.74 Å². The van der Waals surface area contributed by atoms with E-state index in [9.17, 15) is 4.79 Å². The van der Waals surface area contributed by atoms with Gasteiger partial charge in [0.2, 0.25) is 0 Å². The number of hydrogen-bond donors (Lipinski definition) is 1. The van der Waals surface area contributed by atoms with Gasteiger partial charge in [-0.15, -0.1) is 0 Å². The highest BCUT2D eigenvalue weighted by Gasteiger charge is 2.15. The van der Waals surface area contributed by atoms with Gasteiger partial charge >= 0.3 is 5.97 Å². The summed E-state index contributed by atoms with van der Waals surface area (Å²) >= 11 is 0. The minimum atomic E-state index is -0.325. The average Bonchev–Trinajstić information content (AvgIpc) is 2.51. The van der Waals surface area contributed by atoms with Crippen LogP contribution in [0.4, 0.5) is 5.69 Å². The smallest absolute Gasteiger partial charge is 0.341 e. The van der Waals surface area contributed by atoms with Crippen molar-refractivity contribution in [2.45, 2.75) is 33.1 Å². The summed E-state index contributed by atoms with van der Waals surface area (Å²) in [5, 5.41) is 4.35. The van der Waals surface area contributed by atoms with Gasteiger partial charge in [-0.25, -0.2) is 4.79 Å². The number of unbranched alkanes of at least 4 members (excludes halogenated alkanes) is 2. The molecule has 1 N–H and O–H groups in total. The lowest BCUT2D eigenvalue weighted by molar-refractivity contribution is 0.0527. The Bertz CT molecular complexity index is 611. The quantitative estimate of drug-likeness (QED) is 0.617. The molecule has 1 aromatic carbocycles. The summed E-state index contributed by atoms with van der Waals surface area (Å²) in [6.45, 7) is 5.18. The Balaban J connectivity index is 2.35. The molecule has 1 heterocycles. The third-order valence-electron chi connectivity index (χ3n) is 3.35. The Morgan fingerprint density at radius 1 is 1.24 bits per heavy atom. The van der Waals surface area contributed by atoms with E-state index < -0.39 is 0 Å². The van der Waals surface area contributed by atoms with Crippen molar-refractivity contribution in [3.8, 4) is 0 Å². The summed E-state index contributed by atoms with van der Waals surface area (Å²) in [6.07, 6.45) is 5.02. The zero-order valence-electron chi connectivity index (χ0n) is 12.7. The first-order chi connectivity index (χ1) is 10.3. The van der Waals surface area contributed by atoms with Crippen molar-refractivity contribution in [1.82, 2.24) is 4.98 Å². The number of carbonyl (C=O) groups is 1.